The van der Waals surface area contributed by atoms with Crippen LogP contribution in [0.2, 0.25) is 0 Å². The second kappa shape index (κ2) is 9.64. The maximum atomic E-state index is 12.3. The minimum Gasteiger partial charge on any atom is -0.444 e. The first-order valence-corrected chi connectivity index (χ1v) is 9.03. The van der Waals surface area contributed by atoms with Gasteiger partial charge in [-0.1, -0.05) is 59.7 Å². The Kier molecular flexibility index (Phi) is 7.26. The van der Waals surface area contributed by atoms with Crippen molar-refractivity contribution in [1.82, 2.24) is 5.32 Å². The molecule has 2 rings (SSSR count). The molecule has 1 atom stereocenters. The van der Waals surface area contributed by atoms with Crippen molar-refractivity contribution in [2.75, 3.05) is 6.54 Å². The number of nitrogens with zero attached hydrogens (tertiary/aromatic N) is 3. The number of carbonyl (C=O) groups excluding carboxylic acids is 1. The lowest BCUT2D eigenvalue weighted by Gasteiger charge is -2.24. The number of hydrogen-bond acceptors (Lipinski definition) is 3. The molecule has 0 unspecified atom stereocenters. The molecule has 1 amide bonds. The van der Waals surface area contributed by atoms with E-state index in [-0.39, 0.29) is 6.04 Å². The highest BCUT2D eigenvalue weighted by Gasteiger charge is 2.21. The lowest BCUT2D eigenvalue weighted by molar-refractivity contribution is 0.0512. The van der Waals surface area contributed by atoms with Crippen LogP contribution in [0.15, 0.2) is 59.7 Å². The molecule has 0 aliphatic rings. The summed E-state index contributed by atoms with van der Waals surface area (Å²) in [6, 6.07) is 17.6. The molecule has 1 N–H and O–H groups in total. The van der Waals surface area contributed by atoms with E-state index in [2.05, 4.69) is 15.3 Å². The van der Waals surface area contributed by atoms with Crippen molar-refractivity contribution in [1.29, 1.82) is 0 Å². The summed E-state index contributed by atoms with van der Waals surface area (Å²) in [6.07, 6.45) is 1.20. The van der Waals surface area contributed by atoms with Crippen LogP contribution in [-0.4, -0.2) is 18.2 Å². The van der Waals surface area contributed by atoms with Crippen molar-refractivity contribution in [3.05, 3.63) is 81.7 Å². The molecule has 0 saturated heterocycles. The number of carbonyl (C=O) groups is 1. The van der Waals surface area contributed by atoms with E-state index in [4.69, 9.17) is 10.3 Å². The SMILES string of the molecule is CC(C)(C)OC(=O)N[C@H](c1ccccc1)c1ccc(CCCN=[N+]=[N-])cc1. The monoisotopic (exact) mass is 366 g/mol. The molecule has 0 heterocycles. The van der Waals surface area contributed by atoms with Gasteiger partial charge in [0.25, 0.3) is 0 Å². The second-order valence-corrected chi connectivity index (χ2v) is 7.29. The molecule has 2 aromatic carbocycles. The summed E-state index contributed by atoms with van der Waals surface area (Å²) in [4.78, 5) is 15.1. The molecule has 142 valence electrons. The maximum absolute atomic E-state index is 12.3. The molecule has 6 heteroatoms. The van der Waals surface area contributed by atoms with Crippen LogP contribution < -0.4 is 5.32 Å². The molecule has 0 radical (unpaired) electrons. The first-order valence-electron chi connectivity index (χ1n) is 9.03. The third-order valence-corrected chi connectivity index (χ3v) is 3.89. The number of benzene rings is 2. The number of aryl methyl sites for hydroxylation is 1. The molecule has 0 aromatic heterocycles. The lowest BCUT2D eigenvalue weighted by atomic mass is 9.97. The van der Waals surface area contributed by atoms with E-state index in [1.54, 1.807) is 0 Å². The molecule has 0 saturated carbocycles. The molecule has 0 aliphatic heterocycles. The van der Waals surface area contributed by atoms with Crippen molar-refractivity contribution in [3.63, 3.8) is 0 Å². The smallest absolute Gasteiger partial charge is 0.408 e. The summed E-state index contributed by atoms with van der Waals surface area (Å²) in [5, 5.41) is 6.52. The highest BCUT2D eigenvalue weighted by atomic mass is 16.6. The molecule has 0 aliphatic carbocycles. The summed E-state index contributed by atoms with van der Waals surface area (Å²) in [7, 11) is 0. The van der Waals surface area contributed by atoms with E-state index in [0.29, 0.717) is 6.54 Å². The Balaban J connectivity index is 2.15. The van der Waals surface area contributed by atoms with Gasteiger partial charge in [0.05, 0.1) is 6.04 Å². The van der Waals surface area contributed by atoms with Crippen molar-refractivity contribution in [2.24, 2.45) is 5.11 Å². The molecular formula is C21H26N4O2. The zero-order valence-electron chi connectivity index (χ0n) is 16.1. The van der Waals surface area contributed by atoms with Crippen LogP contribution in [0.5, 0.6) is 0 Å². The van der Waals surface area contributed by atoms with Crippen LogP contribution in [0.25, 0.3) is 10.4 Å². The zero-order chi connectivity index (χ0) is 19.7. The Labute approximate surface area is 160 Å². The van der Waals surface area contributed by atoms with Crippen molar-refractivity contribution in [3.8, 4) is 0 Å². The molecule has 2 aromatic rings. The van der Waals surface area contributed by atoms with E-state index in [1.165, 1.54) is 0 Å². The predicted octanol–water partition coefficient (Wildman–Crippen LogP) is 5.54. The zero-order valence-corrected chi connectivity index (χ0v) is 16.1. The van der Waals surface area contributed by atoms with Crippen LogP contribution >= 0.6 is 0 Å². The topological polar surface area (TPSA) is 87.1 Å². The molecule has 6 nitrogen and oxygen atoms in total. The standard InChI is InChI=1S/C21H26N4O2/c1-21(2,3)27-20(26)24-19(17-9-5-4-6-10-17)18-13-11-16(12-14-18)8-7-15-23-25-22/h4-6,9-14,19H,7-8,15H2,1-3H3,(H,24,26)/t19-/m1/s1. The summed E-state index contributed by atoms with van der Waals surface area (Å²) in [5.41, 5.74) is 10.9. The molecule has 0 fully saturated rings. The van der Waals surface area contributed by atoms with Gasteiger partial charge in [0.15, 0.2) is 0 Å². The average Bonchev–Trinajstić information content (AvgIpc) is 2.63. The first kappa shape index (κ1) is 20.3. The van der Waals surface area contributed by atoms with E-state index in [0.717, 1.165) is 29.5 Å². The average molecular weight is 366 g/mol. The number of amides is 1. The third kappa shape index (κ3) is 7.04. The fourth-order valence-corrected chi connectivity index (χ4v) is 2.71. The Morgan fingerprint density at radius 2 is 1.74 bits per heavy atom. The Morgan fingerprint density at radius 1 is 1.11 bits per heavy atom. The van der Waals surface area contributed by atoms with E-state index in [9.17, 15) is 4.79 Å². The number of hydrogen-bond donors (Lipinski definition) is 1. The second-order valence-electron chi connectivity index (χ2n) is 7.29. The van der Waals surface area contributed by atoms with Crippen molar-refractivity contribution in [2.45, 2.75) is 45.3 Å². The van der Waals surface area contributed by atoms with Gasteiger partial charge in [-0.3, -0.25) is 0 Å². The Hall–Kier alpha value is -2.98. The summed E-state index contributed by atoms with van der Waals surface area (Å²) in [5.74, 6) is 0. The molecule has 0 spiro atoms. The summed E-state index contributed by atoms with van der Waals surface area (Å²) >= 11 is 0. The predicted molar refractivity (Wildman–Crippen MR) is 106 cm³/mol. The molecule has 27 heavy (non-hydrogen) atoms. The van der Waals surface area contributed by atoms with Gasteiger partial charge in [-0.05, 0) is 55.8 Å². The number of azide groups is 1. The Bertz CT molecular complexity index is 776. The van der Waals surface area contributed by atoms with Gasteiger partial charge in [-0.25, -0.2) is 4.79 Å². The molecule has 0 bridgehead atoms. The van der Waals surface area contributed by atoms with Crippen LogP contribution in [0.3, 0.4) is 0 Å². The highest BCUT2D eigenvalue weighted by molar-refractivity contribution is 5.69. The normalized spacial score (nSPS) is 12.0. The van der Waals surface area contributed by atoms with Gasteiger partial charge in [0.1, 0.15) is 5.60 Å². The highest BCUT2D eigenvalue weighted by Crippen LogP contribution is 2.23. The summed E-state index contributed by atoms with van der Waals surface area (Å²) < 4.78 is 5.42. The lowest BCUT2D eigenvalue weighted by Crippen LogP contribution is -2.35. The minimum atomic E-state index is -0.554. The van der Waals surface area contributed by atoms with Crippen molar-refractivity contribution >= 4 is 6.09 Å². The largest absolute Gasteiger partial charge is 0.444 e. The summed E-state index contributed by atoms with van der Waals surface area (Å²) in [6.45, 7) is 6.02. The van der Waals surface area contributed by atoms with E-state index >= 15 is 0 Å². The van der Waals surface area contributed by atoms with Crippen LogP contribution in [0.1, 0.15) is 49.9 Å². The third-order valence-electron chi connectivity index (χ3n) is 3.89. The quantitative estimate of drug-likeness (QED) is 0.302. The number of alkyl carbamates (subject to hydrolysis) is 1. The number of ether oxygens (including phenoxy) is 1. The van der Waals surface area contributed by atoms with Gasteiger partial charge in [0, 0.05) is 11.5 Å². The molecular weight excluding hydrogens is 340 g/mol. The Morgan fingerprint density at radius 3 is 2.33 bits per heavy atom. The fraction of sp³-hybridized carbons (Fsp3) is 0.381. The number of nitrogens with one attached hydrogen (secondary N) is 1. The van der Waals surface area contributed by atoms with Gasteiger partial charge >= 0.3 is 6.09 Å². The van der Waals surface area contributed by atoms with Crippen LogP contribution in [-0.2, 0) is 11.2 Å². The van der Waals surface area contributed by atoms with Gasteiger partial charge in [0.2, 0.25) is 0 Å². The van der Waals surface area contributed by atoms with Gasteiger partial charge in [-0.15, -0.1) is 0 Å². The van der Waals surface area contributed by atoms with Crippen LogP contribution in [0, 0.1) is 0 Å². The van der Waals surface area contributed by atoms with Crippen molar-refractivity contribution < 1.29 is 9.53 Å². The van der Waals surface area contributed by atoms with Gasteiger partial charge < -0.3 is 10.1 Å². The van der Waals surface area contributed by atoms with E-state index < -0.39 is 11.7 Å². The minimum absolute atomic E-state index is 0.293. The fourth-order valence-electron chi connectivity index (χ4n) is 2.71. The van der Waals surface area contributed by atoms with E-state index in [1.807, 2.05) is 75.4 Å². The number of rotatable bonds is 7. The van der Waals surface area contributed by atoms with Crippen LogP contribution in [0.4, 0.5) is 4.79 Å². The first-order chi connectivity index (χ1) is 12.9. The van der Waals surface area contributed by atoms with Gasteiger partial charge in [-0.2, -0.15) is 0 Å². The maximum Gasteiger partial charge on any atom is 0.408 e.